The minimum Gasteiger partial charge on any atom is -0.363 e. The number of aromatic nitrogens is 2. The van der Waals surface area contributed by atoms with Crippen LogP contribution in [0, 0.1) is 5.92 Å². The second-order valence-corrected chi connectivity index (χ2v) is 4.19. The fourth-order valence-electron chi connectivity index (χ4n) is 1.31. The predicted octanol–water partition coefficient (Wildman–Crippen LogP) is 1.55. The highest BCUT2D eigenvalue weighted by Crippen LogP contribution is 2.12. The van der Waals surface area contributed by atoms with Gasteiger partial charge < -0.3 is 4.90 Å². The van der Waals surface area contributed by atoms with Crippen molar-refractivity contribution in [2.45, 2.75) is 20.3 Å². The first-order valence-electron chi connectivity index (χ1n) is 5.03. The summed E-state index contributed by atoms with van der Waals surface area (Å²) in [6, 6.07) is 1.92. The molecule has 0 radical (unpaired) electrons. The summed E-state index contributed by atoms with van der Waals surface area (Å²) in [4.78, 5) is 20.8. The molecule has 0 aliphatic heterocycles. The quantitative estimate of drug-likeness (QED) is 0.703. The van der Waals surface area contributed by atoms with Gasteiger partial charge in [0.05, 0.1) is 0 Å². The average Bonchev–Trinajstić information content (AvgIpc) is 2.16. The van der Waals surface area contributed by atoms with E-state index in [2.05, 4.69) is 23.8 Å². The van der Waals surface area contributed by atoms with E-state index in [1.54, 1.807) is 0 Å². The lowest BCUT2D eigenvalue weighted by Crippen LogP contribution is -2.14. The van der Waals surface area contributed by atoms with Crippen LogP contribution in [0.4, 0.5) is 5.82 Å². The Morgan fingerprint density at radius 1 is 1.40 bits per heavy atom. The van der Waals surface area contributed by atoms with Gasteiger partial charge in [-0.2, -0.15) is 0 Å². The van der Waals surface area contributed by atoms with E-state index in [1.165, 1.54) is 0 Å². The Labute approximate surface area is 90.3 Å². The zero-order chi connectivity index (χ0) is 11.4. The topological polar surface area (TPSA) is 46.1 Å². The highest BCUT2D eigenvalue weighted by atomic mass is 16.1. The van der Waals surface area contributed by atoms with E-state index < -0.39 is 0 Å². The van der Waals surface area contributed by atoms with Crippen LogP contribution in [0.3, 0.4) is 0 Å². The first-order valence-corrected chi connectivity index (χ1v) is 5.03. The summed E-state index contributed by atoms with van der Waals surface area (Å²) < 4.78 is 0. The molecule has 1 aromatic rings. The summed E-state index contributed by atoms with van der Waals surface area (Å²) in [5, 5.41) is 0. The number of nitrogens with zero attached hydrogens (tertiary/aromatic N) is 3. The van der Waals surface area contributed by atoms with Gasteiger partial charge in [0.2, 0.25) is 0 Å². The Bertz CT molecular complexity index is 348. The van der Waals surface area contributed by atoms with Crippen molar-refractivity contribution in [3.63, 3.8) is 0 Å². The first kappa shape index (κ1) is 11.6. The molecule has 0 aromatic carbocycles. The van der Waals surface area contributed by atoms with Crippen molar-refractivity contribution in [3.8, 4) is 0 Å². The van der Waals surface area contributed by atoms with Crippen LogP contribution in [-0.4, -0.2) is 30.3 Å². The Morgan fingerprint density at radius 2 is 2.07 bits per heavy atom. The largest absolute Gasteiger partial charge is 0.363 e. The Morgan fingerprint density at radius 3 is 2.53 bits per heavy atom. The van der Waals surface area contributed by atoms with E-state index in [4.69, 9.17) is 0 Å². The van der Waals surface area contributed by atoms with Crippen molar-refractivity contribution < 1.29 is 4.79 Å². The zero-order valence-corrected chi connectivity index (χ0v) is 9.69. The van der Waals surface area contributed by atoms with Gasteiger partial charge in [-0.05, 0) is 12.3 Å². The number of rotatable bonds is 4. The van der Waals surface area contributed by atoms with E-state index in [-0.39, 0.29) is 5.82 Å². The van der Waals surface area contributed by atoms with E-state index in [9.17, 15) is 4.79 Å². The van der Waals surface area contributed by atoms with Gasteiger partial charge in [-0.1, -0.05) is 13.8 Å². The second kappa shape index (κ2) is 4.87. The van der Waals surface area contributed by atoms with Gasteiger partial charge in [0.1, 0.15) is 5.82 Å². The molecule has 0 bridgehead atoms. The van der Waals surface area contributed by atoms with Crippen LogP contribution in [-0.2, 0) is 6.42 Å². The van der Waals surface area contributed by atoms with Crippen molar-refractivity contribution in [1.82, 2.24) is 9.97 Å². The summed E-state index contributed by atoms with van der Waals surface area (Å²) >= 11 is 0. The first-order chi connectivity index (χ1) is 7.02. The summed E-state index contributed by atoms with van der Waals surface area (Å²) in [5.74, 6) is 1.56. The molecule has 0 aliphatic carbocycles. The molecule has 0 atom stereocenters. The van der Waals surface area contributed by atoms with Gasteiger partial charge >= 0.3 is 0 Å². The van der Waals surface area contributed by atoms with E-state index in [0.717, 1.165) is 17.9 Å². The molecule has 0 fully saturated rings. The lowest BCUT2D eigenvalue weighted by Gasteiger charge is -2.13. The smallest absolute Gasteiger partial charge is 0.194 e. The van der Waals surface area contributed by atoms with Crippen molar-refractivity contribution in [2.75, 3.05) is 19.0 Å². The zero-order valence-electron chi connectivity index (χ0n) is 9.69. The Hall–Kier alpha value is -1.45. The summed E-state index contributed by atoms with van der Waals surface area (Å²) in [7, 11) is 3.80. The molecule has 82 valence electrons. The minimum absolute atomic E-state index is 0.261. The van der Waals surface area contributed by atoms with Crippen LogP contribution >= 0.6 is 0 Å². The average molecular weight is 207 g/mol. The molecule has 0 spiro atoms. The van der Waals surface area contributed by atoms with Crippen LogP contribution < -0.4 is 4.90 Å². The van der Waals surface area contributed by atoms with Gasteiger partial charge in [0.25, 0.3) is 0 Å². The maximum absolute atomic E-state index is 10.7. The van der Waals surface area contributed by atoms with E-state index in [1.807, 2.05) is 25.1 Å². The molecule has 0 saturated heterocycles. The third kappa shape index (κ3) is 3.31. The lowest BCUT2D eigenvalue weighted by molar-refractivity contribution is 0.111. The van der Waals surface area contributed by atoms with Crippen LogP contribution in [0.5, 0.6) is 0 Å². The fraction of sp³-hybridized carbons (Fsp3) is 0.545. The monoisotopic (exact) mass is 207 g/mol. The van der Waals surface area contributed by atoms with Gasteiger partial charge in [-0.3, -0.25) is 4.79 Å². The molecule has 0 unspecified atom stereocenters. The molecule has 15 heavy (non-hydrogen) atoms. The van der Waals surface area contributed by atoms with Crippen molar-refractivity contribution >= 4 is 12.1 Å². The number of hydrogen-bond donors (Lipinski definition) is 0. The van der Waals surface area contributed by atoms with Gasteiger partial charge in [0, 0.05) is 25.9 Å². The molecule has 4 heteroatoms. The Balaban J connectivity index is 3.05. The van der Waals surface area contributed by atoms with Gasteiger partial charge in [0.15, 0.2) is 12.1 Å². The van der Waals surface area contributed by atoms with Crippen molar-refractivity contribution in [1.29, 1.82) is 0 Å². The summed E-state index contributed by atoms with van der Waals surface area (Å²) in [6.07, 6.45) is 1.56. The molecule has 0 amide bonds. The molecule has 1 heterocycles. The highest BCUT2D eigenvalue weighted by molar-refractivity contribution is 5.69. The third-order valence-electron chi connectivity index (χ3n) is 1.96. The van der Waals surface area contributed by atoms with E-state index in [0.29, 0.717) is 12.2 Å². The highest BCUT2D eigenvalue weighted by Gasteiger charge is 2.06. The number of carbonyl (C=O) groups is 1. The van der Waals surface area contributed by atoms with Crippen LogP contribution in [0.25, 0.3) is 0 Å². The van der Waals surface area contributed by atoms with E-state index >= 15 is 0 Å². The molecule has 4 nitrogen and oxygen atoms in total. The SMILES string of the molecule is CC(C)Cc1cc(N(C)C)nc(C=O)n1. The number of hydrogen-bond acceptors (Lipinski definition) is 4. The molecule has 0 aliphatic rings. The maximum Gasteiger partial charge on any atom is 0.194 e. The van der Waals surface area contributed by atoms with Crippen LogP contribution in [0.15, 0.2) is 6.07 Å². The second-order valence-electron chi connectivity index (χ2n) is 4.19. The molecule has 1 rings (SSSR count). The standard InChI is InChI=1S/C11H17N3O/c1-8(2)5-9-6-11(14(3)4)13-10(7-15)12-9/h6-8H,5H2,1-4H3. The molecular weight excluding hydrogens is 190 g/mol. The maximum atomic E-state index is 10.7. The summed E-state index contributed by atoms with van der Waals surface area (Å²) in [6.45, 7) is 4.25. The van der Waals surface area contributed by atoms with Gasteiger partial charge in [-0.15, -0.1) is 0 Å². The molecule has 0 N–H and O–H groups in total. The summed E-state index contributed by atoms with van der Waals surface area (Å²) in [5.41, 5.74) is 0.922. The number of carbonyl (C=O) groups excluding carboxylic acids is 1. The van der Waals surface area contributed by atoms with Crippen molar-refractivity contribution in [2.24, 2.45) is 5.92 Å². The molecule has 0 saturated carbocycles. The van der Waals surface area contributed by atoms with Crippen LogP contribution in [0.1, 0.15) is 30.2 Å². The van der Waals surface area contributed by atoms with Crippen LogP contribution in [0.2, 0.25) is 0 Å². The minimum atomic E-state index is 0.261. The Kier molecular flexibility index (Phi) is 3.77. The van der Waals surface area contributed by atoms with Gasteiger partial charge in [-0.25, -0.2) is 9.97 Å². The van der Waals surface area contributed by atoms with Crippen molar-refractivity contribution in [3.05, 3.63) is 17.6 Å². The lowest BCUT2D eigenvalue weighted by atomic mass is 10.1. The molecule has 1 aromatic heterocycles. The number of anilines is 1. The number of aldehydes is 1. The molecular formula is C11H17N3O. The predicted molar refractivity (Wildman–Crippen MR) is 60.3 cm³/mol. The normalized spacial score (nSPS) is 10.5. The third-order valence-corrected chi connectivity index (χ3v) is 1.96. The fourth-order valence-corrected chi connectivity index (χ4v) is 1.31.